The first-order valence-corrected chi connectivity index (χ1v) is 13.3. The molecule has 1 aromatic heterocycles. The lowest BCUT2D eigenvalue weighted by molar-refractivity contribution is 0.249. The van der Waals surface area contributed by atoms with Crippen LogP contribution in [0, 0.1) is 6.92 Å². The molecule has 0 spiro atoms. The number of nitrogens with one attached hydrogen (secondary N) is 2. The highest BCUT2D eigenvalue weighted by molar-refractivity contribution is 7.98. The van der Waals surface area contributed by atoms with Crippen molar-refractivity contribution in [2.45, 2.75) is 30.8 Å². The van der Waals surface area contributed by atoms with Crippen LogP contribution in [0.3, 0.4) is 0 Å². The fourth-order valence-corrected chi connectivity index (χ4v) is 5.25. The van der Waals surface area contributed by atoms with Crippen molar-refractivity contribution in [1.82, 2.24) is 20.1 Å². The Balaban J connectivity index is 1.61. The van der Waals surface area contributed by atoms with Gasteiger partial charge >= 0.3 is 6.03 Å². The number of hydrogen-bond acceptors (Lipinski definition) is 4. The molecule has 0 aliphatic carbocycles. The summed E-state index contributed by atoms with van der Waals surface area (Å²) in [4.78, 5) is 12.7. The van der Waals surface area contributed by atoms with Crippen molar-refractivity contribution in [3.8, 4) is 5.69 Å². The van der Waals surface area contributed by atoms with Crippen molar-refractivity contribution in [3.05, 3.63) is 97.7 Å². The van der Waals surface area contributed by atoms with Gasteiger partial charge < -0.3 is 10.6 Å². The number of nitrogens with zero attached hydrogens (tertiary/aromatic N) is 3. The largest absolute Gasteiger partial charge is 0.328 e. The Morgan fingerprint density at radius 3 is 2.53 bits per heavy atom. The van der Waals surface area contributed by atoms with E-state index in [4.69, 9.17) is 46.4 Å². The van der Waals surface area contributed by atoms with Gasteiger partial charge in [-0.1, -0.05) is 94.1 Å². The molecule has 1 heterocycles. The van der Waals surface area contributed by atoms with Crippen LogP contribution < -0.4 is 10.6 Å². The van der Waals surface area contributed by atoms with Crippen LogP contribution in [0.2, 0.25) is 20.1 Å². The molecule has 3 aromatic carbocycles. The Morgan fingerprint density at radius 2 is 1.78 bits per heavy atom. The first-order valence-electron chi connectivity index (χ1n) is 10.8. The van der Waals surface area contributed by atoms with Crippen molar-refractivity contribution >= 4 is 69.9 Å². The number of hydrogen-bond donors (Lipinski definition) is 2. The van der Waals surface area contributed by atoms with Crippen molar-refractivity contribution in [3.63, 3.8) is 0 Å². The highest BCUT2D eigenvalue weighted by atomic mass is 35.5. The van der Waals surface area contributed by atoms with Crippen LogP contribution in [0.4, 0.5) is 10.5 Å². The van der Waals surface area contributed by atoms with Crippen molar-refractivity contribution < 1.29 is 4.79 Å². The minimum atomic E-state index is -0.532. The predicted molar refractivity (Wildman–Crippen MR) is 149 cm³/mol. The van der Waals surface area contributed by atoms with E-state index < -0.39 is 12.1 Å². The van der Waals surface area contributed by atoms with E-state index in [-0.39, 0.29) is 5.02 Å². The van der Waals surface area contributed by atoms with Crippen LogP contribution in [0.1, 0.15) is 29.9 Å². The van der Waals surface area contributed by atoms with Gasteiger partial charge in [0.25, 0.3) is 0 Å². The number of anilines is 1. The number of aromatic nitrogens is 3. The van der Waals surface area contributed by atoms with E-state index in [9.17, 15) is 4.79 Å². The third-order valence-corrected chi connectivity index (χ3v) is 7.55. The summed E-state index contributed by atoms with van der Waals surface area (Å²) in [6.07, 6.45) is 0. The van der Waals surface area contributed by atoms with E-state index in [1.165, 1.54) is 17.3 Å². The minimum absolute atomic E-state index is 0.257. The maximum absolute atomic E-state index is 12.7. The van der Waals surface area contributed by atoms with E-state index in [1.807, 2.05) is 10.6 Å². The molecule has 186 valence electrons. The Kier molecular flexibility index (Phi) is 8.70. The third-order valence-electron chi connectivity index (χ3n) is 5.19. The number of rotatable bonds is 7. The number of urea groups is 1. The standard InChI is InChI=1S/C25H21Cl4N5OS/c1-14-5-3-6-16(11-14)13-36-25-33-32-23(34(25)21-10-9-17(26)12-19(21)28)15(2)30-24(35)31-20-8-4-7-18(27)22(20)29/h3-12,15H,13H2,1-2H3,(H2,30,31,35). The molecule has 0 aliphatic rings. The number of benzene rings is 3. The number of halogens is 4. The van der Waals surface area contributed by atoms with E-state index in [2.05, 4.69) is 46.0 Å². The monoisotopic (exact) mass is 579 g/mol. The molecule has 0 saturated heterocycles. The maximum atomic E-state index is 12.7. The summed E-state index contributed by atoms with van der Waals surface area (Å²) >= 11 is 26.4. The van der Waals surface area contributed by atoms with Gasteiger partial charge in [0.1, 0.15) is 0 Å². The molecule has 0 radical (unpaired) electrons. The summed E-state index contributed by atoms with van der Waals surface area (Å²) in [5, 5.41) is 16.6. The number of carbonyl (C=O) groups excluding carboxylic acids is 1. The molecular formula is C25H21Cl4N5OS. The highest BCUT2D eigenvalue weighted by Gasteiger charge is 2.23. The van der Waals surface area contributed by atoms with Crippen LogP contribution in [0.25, 0.3) is 5.69 Å². The van der Waals surface area contributed by atoms with Crippen LogP contribution in [-0.2, 0) is 5.75 Å². The average molecular weight is 581 g/mol. The second-order valence-electron chi connectivity index (χ2n) is 7.97. The molecule has 0 fully saturated rings. The lowest BCUT2D eigenvalue weighted by Crippen LogP contribution is -2.32. The molecule has 0 saturated carbocycles. The van der Waals surface area contributed by atoms with Gasteiger partial charge in [-0.25, -0.2) is 4.79 Å². The molecule has 1 unspecified atom stereocenters. The lowest BCUT2D eigenvalue weighted by Gasteiger charge is -2.18. The van der Waals surface area contributed by atoms with Gasteiger partial charge in [-0.3, -0.25) is 4.57 Å². The number of aryl methyl sites for hydroxylation is 1. The van der Waals surface area contributed by atoms with Gasteiger partial charge in [0.2, 0.25) is 0 Å². The summed E-state index contributed by atoms with van der Waals surface area (Å²) in [7, 11) is 0. The third kappa shape index (κ3) is 6.28. The fourth-order valence-electron chi connectivity index (χ4n) is 3.51. The Morgan fingerprint density at radius 1 is 1.00 bits per heavy atom. The first kappa shape index (κ1) is 26.6. The van der Waals surface area contributed by atoms with Gasteiger partial charge in [-0.15, -0.1) is 10.2 Å². The number of thioether (sulfide) groups is 1. The van der Waals surface area contributed by atoms with Crippen molar-refractivity contribution in [1.29, 1.82) is 0 Å². The summed E-state index contributed by atoms with van der Waals surface area (Å²) in [6, 6.07) is 17.5. The highest BCUT2D eigenvalue weighted by Crippen LogP contribution is 2.33. The zero-order valence-corrected chi connectivity index (χ0v) is 23.1. The first-order chi connectivity index (χ1) is 17.2. The minimum Gasteiger partial charge on any atom is -0.328 e. The molecular weight excluding hydrogens is 560 g/mol. The topological polar surface area (TPSA) is 71.8 Å². The lowest BCUT2D eigenvalue weighted by atomic mass is 10.2. The maximum Gasteiger partial charge on any atom is 0.319 e. The van der Waals surface area contributed by atoms with Crippen LogP contribution >= 0.6 is 58.2 Å². The molecule has 36 heavy (non-hydrogen) atoms. The van der Waals surface area contributed by atoms with E-state index >= 15 is 0 Å². The molecule has 1 atom stereocenters. The second-order valence-corrected chi connectivity index (χ2v) is 10.5. The normalized spacial score (nSPS) is 11.8. The Bertz CT molecular complexity index is 1410. The van der Waals surface area contributed by atoms with E-state index in [0.29, 0.717) is 43.2 Å². The van der Waals surface area contributed by atoms with Gasteiger partial charge in [0.05, 0.1) is 32.5 Å². The van der Waals surface area contributed by atoms with Gasteiger partial charge in [-0.2, -0.15) is 0 Å². The van der Waals surface area contributed by atoms with E-state index in [0.717, 1.165) is 5.56 Å². The second kappa shape index (κ2) is 11.8. The predicted octanol–water partition coefficient (Wildman–Crippen LogP) is 8.36. The van der Waals surface area contributed by atoms with E-state index in [1.54, 1.807) is 43.3 Å². The molecule has 4 aromatic rings. The summed E-state index contributed by atoms with van der Waals surface area (Å²) in [5.41, 5.74) is 3.38. The molecule has 4 rings (SSSR count). The molecule has 0 bridgehead atoms. The molecule has 2 amide bonds. The van der Waals surface area contributed by atoms with Gasteiger partial charge in [-0.05, 0) is 49.7 Å². The fraction of sp³-hybridized carbons (Fsp3) is 0.160. The zero-order chi connectivity index (χ0) is 25.8. The van der Waals surface area contributed by atoms with Gasteiger partial charge in [0, 0.05) is 10.8 Å². The molecule has 2 N–H and O–H groups in total. The van der Waals surface area contributed by atoms with Crippen LogP contribution in [0.15, 0.2) is 65.8 Å². The molecule has 6 nitrogen and oxygen atoms in total. The number of carbonyl (C=O) groups is 1. The van der Waals surface area contributed by atoms with Gasteiger partial charge in [0.15, 0.2) is 11.0 Å². The smallest absolute Gasteiger partial charge is 0.319 e. The average Bonchev–Trinajstić information content (AvgIpc) is 3.24. The van der Waals surface area contributed by atoms with Crippen molar-refractivity contribution in [2.24, 2.45) is 0 Å². The van der Waals surface area contributed by atoms with Crippen molar-refractivity contribution in [2.75, 3.05) is 5.32 Å². The molecule has 0 aliphatic heterocycles. The van der Waals surface area contributed by atoms with Crippen LogP contribution in [-0.4, -0.2) is 20.8 Å². The Hall–Kier alpha value is -2.42. The summed E-state index contributed by atoms with van der Waals surface area (Å²) in [5.74, 6) is 1.18. The SMILES string of the molecule is Cc1cccc(CSc2nnc(C(C)NC(=O)Nc3cccc(Cl)c3Cl)n2-c2ccc(Cl)cc2Cl)c1. The number of amides is 2. The summed E-state index contributed by atoms with van der Waals surface area (Å²) in [6.45, 7) is 3.86. The zero-order valence-electron chi connectivity index (χ0n) is 19.2. The quantitative estimate of drug-likeness (QED) is 0.215. The Labute approximate surface area is 233 Å². The summed E-state index contributed by atoms with van der Waals surface area (Å²) < 4.78 is 1.83. The molecule has 11 heteroatoms. The van der Waals surface area contributed by atoms with Crippen LogP contribution in [0.5, 0.6) is 0 Å².